The summed E-state index contributed by atoms with van der Waals surface area (Å²) in [5.74, 6) is 0.933. The van der Waals surface area contributed by atoms with E-state index in [0.717, 1.165) is 56.9 Å². The number of hydrogen-bond acceptors (Lipinski definition) is 4. The molecule has 2 heterocycles. The summed E-state index contributed by atoms with van der Waals surface area (Å²) in [7, 11) is 0. The Kier molecular flexibility index (Phi) is 6.85. The normalized spacial score (nSPS) is 20.7. The highest BCUT2D eigenvalue weighted by Crippen LogP contribution is 2.18. The number of piperazine rings is 1. The average molecular weight is 373 g/mol. The predicted molar refractivity (Wildman–Crippen MR) is 108 cm³/mol. The molecular weight excluding hydrogens is 340 g/mol. The molecule has 1 aromatic carbocycles. The van der Waals surface area contributed by atoms with Crippen molar-refractivity contribution < 1.29 is 9.59 Å². The molecule has 0 saturated carbocycles. The standard InChI is InChI=1S/C21H32N4O2/c1-16-4-3-5-19(17(16)2)23-20(26)15-24-10-12-25(13-11-24)21(27)7-6-18-8-9-22-14-18/h3-5,18,22H,6-15H2,1-2H3,(H,23,26). The van der Waals surface area contributed by atoms with E-state index >= 15 is 0 Å². The Morgan fingerprint density at radius 2 is 1.96 bits per heavy atom. The van der Waals surface area contributed by atoms with E-state index in [1.807, 2.05) is 36.9 Å². The van der Waals surface area contributed by atoms with Crippen LogP contribution in [0.4, 0.5) is 5.69 Å². The summed E-state index contributed by atoms with van der Waals surface area (Å²) in [4.78, 5) is 28.9. The van der Waals surface area contributed by atoms with Gasteiger partial charge in [-0.1, -0.05) is 12.1 Å². The second-order valence-electron chi connectivity index (χ2n) is 7.85. The van der Waals surface area contributed by atoms with Crippen LogP contribution in [0.25, 0.3) is 0 Å². The van der Waals surface area contributed by atoms with E-state index in [4.69, 9.17) is 0 Å². The summed E-state index contributed by atoms with van der Waals surface area (Å²) in [5, 5.41) is 6.37. The summed E-state index contributed by atoms with van der Waals surface area (Å²) in [6.07, 6.45) is 2.83. The van der Waals surface area contributed by atoms with Gasteiger partial charge in [0.15, 0.2) is 0 Å². The first-order chi connectivity index (χ1) is 13.0. The predicted octanol–water partition coefficient (Wildman–Crippen LogP) is 1.78. The van der Waals surface area contributed by atoms with Gasteiger partial charge in [-0.15, -0.1) is 0 Å². The van der Waals surface area contributed by atoms with Crippen molar-refractivity contribution in [1.82, 2.24) is 15.1 Å². The minimum Gasteiger partial charge on any atom is -0.340 e. The highest BCUT2D eigenvalue weighted by Gasteiger charge is 2.23. The first-order valence-electron chi connectivity index (χ1n) is 10.1. The fraction of sp³-hybridized carbons (Fsp3) is 0.619. The van der Waals surface area contributed by atoms with Crippen molar-refractivity contribution in [2.45, 2.75) is 33.1 Å². The lowest BCUT2D eigenvalue weighted by atomic mass is 10.0. The summed E-state index contributed by atoms with van der Waals surface area (Å²) in [6.45, 7) is 9.55. The summed E-state index contributed by atoms with van der Waals surface area (Å²) >= 11 is 0. The summed E-state index contributed by atoms with van der Waals surface area (Å²) in [6, 6.07) is 5.95. The van der Waals surface area contributed by atoms with Gasteiger partial charge >= 0.3 is 0 Å². The molecule has 6 nitrogen and oxygen atoms in total. The molecule has 1 aromatic rings. The minimum absolute atomic E-state index is 0.0113. The van der Waals surface area contributed by atoms with Gasteiger partial charge in [-0.25, -0.2) is 0 Å². The number of amides is 2. The summed E-state index contributed by atoms with van der Waals surface area (Å²) < 4.78 is 0. The Morgan fingerprint density at radius 1 is 1.19 bits per heavy atom. The molecular formula is C21H32N4O2. The quantitative estimate of drug-likeness (QED) is 0.799. The number of rotatable bonds is 6. The Hall–Kier alpha value is -1.92. The van der Waals surface area contributed by atoms with Crippen LogP contribution in [0.15, 0.2) is 18.2 Å². The Bertz CT molecular complexity index is 662. The molecule has 27 heavy (non-hydrogen) atoms. The van der Waals surface area contributed by atoms with Gasteiger partial charge in [0.2, 0.25) is 11.8 Å². The zero-order chi connectivity index (χ0) is 19.2. The topological polar surface area (TPSA) is 64.7 Å². The van der Waals surface area contributed by atoms with Crippen molar-refractivity contribution in [2.75, 3.05) is 51.1 Å². The number of nitrogens with zero attached hydrogens (tertiary/aromatic N) is 2. The molecule has 2 saturated heterocycles. The Labute approximate surface area is 162 Å². The highest BCUT2D eigenvalue weighted by molar-refractivity contribution is 5.93. The Morgan fingerprint density at radius 3 is 2.67 bits per heavy atom. The maximum atomic E-state index is 12.4. The molecule has 1 unspecified atom stereocenters. The number of benzene rings is 1. The molecule has 3 rings (SSSR count). The van der Waals surface area contributed by atoms with E-state index in [2.05, 4.69) is 15.5 Å². The molecule has 2 amide bonds. The molecule has 1 atom stereocenters. The molecule has 2 N–H and O–H groups in total. The molecule has 2 aliphatic heterocycles. The van der Waals surface area contributed by atoms with Crippen molar-refractivity contribution in [2.24, 2.45) is 5.92 Å². The van der Waals surface area contributed by atoms with Gasteiger partial charge in [-0.05, 0) is 62.9 Å². The van der Waals surface area contributed by atoms with Gasteiger partial charge in [-0.3, -0.25) is 14.5 Å². The number of carbonyl (C=O) groups is 2. The second-order valence-corrected chi connectivity index (χ2v) is 7.85. The molecule has 0 radical (unpaired) electrons. The van der Waals surface area contributed by atoms with Gasteiger partial charge in [0.1, 0.15) is 0 Å². The van der Waals surface area contributed by atoms with Crippen molar-refractivity contribution in [3.8, 4) is 0 Å². The van der Waals surface area contributed by atoms with Crippen LogP contribution in [0.2, 0.25) is 0 Å². The van der Waals surface area contributed by atoms with Crippen molar-refractivity contribution >= 4 is 17.5 Å². The molecule has 0 aliphatic carbocycles. The van der Waals surface area contributed by atoms with Crippen LogP contribution < -0.4 is 10.6 Å². The third kappa shape index (κ3) is 5.53. The Balaban J connectivity index is 1.39. The first-order valence-corrected chi connectivity index (χ1v) is 10.1. The van der Waals surface area contributed by atoms with E-state index in [0.29, 0.717) is 18.9 Å². The van der Waals surface area contributed by atoms with Gasteiger partial charge in [-0.2, -0.15) is 0 Å². The van der Waals surface area contributed by atoms with Crippen LogP contribution in [0.3, 0.4) is 0 Å². The van der Waals surface area contributed by atoms with Gasteiger partial charge in [0.25, 0.3) is 0 Å². The van der Waals surface area contributed by atoms with Crippen LogP contribution in [0.5, 0.6) is 0 Å². The fourth-order valence-corrected chi connectivity index (χ4v) is 3.88. The van der Waals surface area contributed by atoms with Crippen LogP contribution in [-0.4, -0.2) is 67.4 Å². The van der Waals surface area contributed by atoms with E-state index in [9.17, 15) is 9.59 Å². The lowest BCUT2D eigenvalue weighted by Gasteiger charge is -2.34. The van der Waals surface area contributed by atoms with Gasteiger partial charge in [0, 0.05) is 38.3 Å². The first kappa shape index (κ1) is 19.8. The van der Waals surface area contributed by atoms with Gasteiger partial charge in [0.05, 0.1) is 6.54 Å². The van der Waals surface area contributed by atoms with E-state index in [1.54, 1.807) is 0 Å². The molecule has 0 aromatic heterocycles. The number of aryl methyl sites for hydroxylation is 1. The molecule has 2 aliphatic rings. The number of carbonyl (C=O) groups excluding carboxylic acids is 2. The lowest BCUT2D eigenvalue weighted by molar-refractivity contribution is -0.133. The van der Waals surface area contributed by atoms with E-state index in [1.165, 1.54) is 12.0 Å². The maximum Gasteiger partial charge on any atom is 0.238 e. The third-order valence-electron chi connectivity index (χ3n) is 5.90. The van der Waals surface area contributed by atoms with Crippen LogP contribution >= 0.6 is 0 Å². The number of anilines is 1. The monoisotopic (exact) mass is 372 g/mol. The lowest BCUT2D eigenvalue weighted by Crippen LogP contribution is -2.50. The second kappa shape index (κ2) is 9.33. The third-order valence-corrected chi connectivity index (χ3v) is 5.90. The van der Waals surface area contributed by atoms with Crippen molar-refractivity contribution in [1.29, 1.82) is 0 Å². The van der Waals surface area contributed by atoms with Crippen LogP contribution in [0, 0.1) is 19.8 Å². The maximum absolute atomic E-state index is 12.4. The molecule has 6 heteroatoms. The molecule has 0 bridgehead atoms. The fourth-order valence-electron chi connectivity index (χ4n) is 3.88. The number of nitrogens with one attached hydrogen (secondary N) is 2. The van der Waals surface area contributed by atoms with E-state index in [-0.39, 0.29) is 11.8 Å². The van der Waals surface area contributed by atoms with Crippen LogP contribution in [-0.2, 0) is 9.59 Å². The van der Waals surface area contributed by atoms with Crippen molar-refractivity contribution in [3.05, 3.63) is 29.3 Å². The van der Waals surface area contributed by atoms with Gasteiger partial charge < -0.3 is 15.5 Å². The minimum atomic E-state index is 0.0113. The smallest absolute Gasteiger partial charge is 0.238 e. The largest absolute Gasteiger partial charge is 0.340 e. The zero-order valence-corrected chi connectivity index (χ0v) is 16.6. The molecule has 148 valence electrons. The van der Waals surface area contributed by atoms with Crippen LogP contribution in [0.1, 0.15) is 30.4 Å². The summed E-state index contributed by atoms with van der Waals surface area (Å²) in [5.41, 5.74) is 3.17. The zero-order valence-electron chi connectivity index (χ0n) is 16.6. The number of hydrogen-bond donors (Lipinski definition) is 2. The highest BCUT2D eigenvalue weighted by atomic mass is 16.2. The molecule has 0 spiro atoms. The average Bonchev–Trinajstić information content (AvgIpc) is 3.18. The molecule has 2 fully saturated rings. The SMILES string of the molecule is Cc1cccc(NC(=O)CN2CCN(C(=O)CCC3CCNC3)CC2)c1C. The van der Waals surface area contributed by atoms with Crippen molar-refractivity contribution in [3.63, 3.8) is 0 Å². The van der Waals surface area contributed by atoms with E-state index < -0.39 is 0 Å².